The second kappa shape index (κ2) is 10.6. The van der Waals surface area contributed by atoms with E-state index in [1.54, 1.807) is 0 Å². The highest BCUT2D eigenvalue weighted by molar-refractivity contribution is 5.81. The van der Waals surface area contributed by atoms with Crippen LogP contribution in [0.4, 0.5) is 11.4 Å². The van der Waals surface area contributed by atoms with Gasteiger partial charge in [0.15, 0.2) is 0 Å². The Labute approximate surface area is 225 Å². The zero-order valence-electron chi connectivity index (χ0n) is 21.5. The molecular weight excluding hydrogens is 458 g/mol. The van der Waals surface area contributed by atoms with Crippen molar-refractivity contribution in [3.63, 3.8) is 0 Å². The van der Waals surface area contributed by atoms with Gasteiger partial charge in [-0.2, -0.15) is 0 Å². The third-order valence-corrected chi connectivity index (χ3v) is 7.08. The van der Waals surface area contributed by atoms with Gasteiger partial charge in [0.25, 0.3) is 0 Å². The summed E-state index contributed by atoms with van der Waals surface area (Å²) in [6.07, 6.45) is 0. The van der Waals surface area contributed by atoms with Gasteiger partial charge in [-0.1, -0.05) is 121 Å². The van der Waals surface area contributed by atoms with Gasteiger partial charge in [-0.15, -0.1) is 0 Å². The molecule has 0 fully saturated rings. The van der Waals surface area contributed by atoms with Crippen LogP contribution in [0.2, 0.25) is 0 Å². The smallest absolute Gasteiger partial charge is 0.0420 e. The number of rotatable bonds is 6. The van der Waals surface area contributed by atoms with Crippen molar-refractivity contribution in [1.82, 2.24) is 0 Å². The minimum absolute atomic E-state index is 1.15. The molecule has 1 nitrogen and oxygen atoms in total. The quantitative estimate of drug-likeness (QED) is 0.226. The summed E-state index contributed by atoms with van der Waals surface area (Å²) >= 11 is 0. The van der Waals surface area contributed by atoms with Crippen LogP contribution in [0.25, 0.3) is 44.5 Å². The lowest BCUT2D eigenvalue weighted by atomic mass is 9.97. The number of hydrogen-bond donors (Lipinski definition) is 0. The summed E-state index contributed by atoms with van der Waals surface area (Å²) in [7, 11) is 2.14. The van der Waals surface area contributed by atoms with Gasteiger partial charge in [-0.25, -0.2) is 0 Å². The van der Waals surface area contributed by atoms with Crippen LogP contribution in [0, 0.1) is 0 Å². The van der Waals surface area contributed by atoms with Gasteiger partial charge in [-0.05, 0) is 80.9 Å². The van der Waals surface area contributed by atoms with Crippen molar-refractivity contribution < 1.29 is 0 Å². The number of benzene rings is 6. The summed E-state index contributed by atoms with van der Waals surface area (Å²) in [4.78, 5) is 2.27. The van der Waals surface area contributed by atoms with Gasteiger partial charge in [0.05, 0.1) is 0 Å². The standard InChI is InChI=1S/C37H29N/c1-38(36-22-20-31(21-23-36)33-19-11-18-32(24-33)28-12-5-2-6-13-28)37-26-34(29-14-7-3-8-15-29)25-35(27-37)30-16-9-4-10-17-30/h2-27H,1H3. The van der Waals surface area contributed by atoms with Crippen LogP contribution in [0.3, 0.4) is 0 Å². The Balaban J connectivity index is 1.33. The first-order chi connectivity index (χ1) is 18.7. The highest BCUT2D eigenvalue weighted by atomic mass is 15.1. The van der Waals surface area contributed by atoms with E-state index >= 15 is 0 Å². The molecule has 0 heterocycles. The molecule has 0 spiro atoms. The van der Waals surface area contributed by atoms with Crippen molar-refractivity contribution in [2.24, 2.45) is 0 Å². The first-order valence-corrected chi connectivity index (χ1v) is 13.0. The Morgan fingerprint density at radius 1 is 0.289 bits per heavy atom. The molecule has 38 heavy (non-hydrogen) atoms. The fourth-order valence-corrected chi connectivity index (χ4v) is 4.93. The number of anilines is 2. The Kier molecular flexibility index (Phi) is 6.57. The van der Waals surface area contributed by atoms with Crippen LogP contribution >= 0.6 is 0 Å². The minimum atomic E-state index is 1.15. The molecule has 0 aliphatic carbocycles. The number of nitrogens with zero attached hydrogens (tertiary/aromatic N) is 1. The highest BCUT2D eigenvalue weighted by Crippen LogP contribution is 2.35. The Morgan fingerprint density at radius 2 is 0.658 bits per heavy atom. The molecule has 0 saturated heterocycles. The van der Waals surface area contributed by atoms with E-state index in [4.69, 9.17) is 0 Å². The topological polar surface area (TPSA) is 3.24 Å². The van der Waals surface area contributed by atoms with Crippen molar-refractivity contribution in [3.8, 4) is 44.5 Å². The monoisotopic (exact) mass is 487 g/mol. The molecule has 0 amide bonds. The maximum atomic E-state index is 2.28. The maximum absolute atomic E-state index is 2.28. The lowest BCUT2D eigenvalue weighted by Gasteiger charge is -2.22. The van der Waals surface area contributed by atoms with Crippen molar-refractivity contribution >= 4 is 11.4 Å². The van der Waals surface area contributed by atoms with E-state index in [1.807, 2.05) is 0 Å². The lowest BCUT2D eigenvalue weighted by Crippen LogP contribution is -2.09. The molecule has 0 radical (unpaired) electrons. The van der Waals surface area contributed by atoms with Crippen LogP contribution < -0.4 is 4.90 Å². The first-order valence-electron chi connectivity index (χ1n) is 13.0. The fourth-order valence-electron chi connectivity index (χ4n) is 4.93. The molecule has 0 bridgehead atoms. The molecule has 1 heteroatoms. The van der Waals surface area contributed by atoms with Crippen LogP contribution in [0.5, 0.6) is 0 Å². The zero-order chi connectivity index (χ0) is 25.7. The highest BCUT2D eigenvalue weighted by Gasteiger charge is 2.11. The lowest BCUT2D eigenvalue weighted by molar-refractivity contribution is 1.21. The summed E-state index contributed by atoms with van der Waals surface area (Å²) < 4.78 is 0. The van der Waals surface area contributed by atoms with Crippen molar-refractivity contribution in [2.75, 3.05) is 11.9 Å². The molecule has 182 valence electrons. The van der Waals surface area contributed by atoms with E-state index in [0.29, 0.717) is 0 Å². The van der Waals surface area contributed by atoms with E-state index in [-0.39, 0.29) is 0 Å². The van der Waals surface area contributed by atoms with Gasteiger partial charge in [0.1, 0.15) is 0 Å². The van der Waals surface area contributed by atoms with Gasteiger partial charge in [0.2, 0.25) is 0 Å². The SMILES string of the molecule is CN(c1ccc(-c2cccc(-c3ccccc3)c2)cc1)c1cc(-c2ccccc2)cc(-c2ccccc2)c1. The molecule has 0 saturated carbocycles. The van der Waals surface area contributed by atoms with Gasteiger partial charge >= 0.3 is 0 Å². The normalized spacial score (nSPS) is 10.8. The Bertz CT molecular complexity index is 1580. The van der Waals surface area contributed by atoms with E-state index in [2.05, 4.69) is 170 Å². The Hall–Kier alpha value is -4.88. The third-order valence-electron chi connectivity index (χ3n) is 7.08. The summed E-state index contributed by atoms with van der Waals surface area (Å²) in [6, 6.07) is 56.2. The third kappa shape index (κ3) is 5.00. The molecule has 0 aliphatic heterocycles. The van der Waals surface area contributed by atoms with E-state index in [1.165, 1.54) is 44.5 Å². The fraction of sp³-hybridized carbons (Fsp3) is 0.0270. The minimum Gasteiger partial charge on any atom is -0.345 e. The van der Waals surface area contributed by atoms with Crippen LogP contribution in [0.15, 0.2) is 158 Å². The van der Waals surface area contributed by atoms with Gasteiger partial charge < -0.3 is 4.90 Å². The molecule has 0 unspecified atom stereocenters. The van der Waals surface area contributed by atoms with Crippen LogP contribution in [-0.2, 0) is 0 Å². The average Bonchev–Trinajstić information content (AvgIpc) is 3.02. The van der Waals surface area contributed by atoms with Crippen molar-refractivity contribution in [1.29, 1.82) is 0 Å². The second-order valence-electron chi connectivity index (χ2n) is 9.55. The van der Waals surface area contributed by atoms with Gasteiger partial charge in [0, 0.05) is 18.4 Å². The summed E-state index contributed by atoms with van der Waals surface area (Å²) in [5.74, 6) is 0. The van der Waals surface area contributed by atoms with E-state index in [9.17, 15) is 0 Å². The van der Waals surface area contributed by atoms with Crippen molar-refractivity contribution in [3.05, 3.63) is 158 Å². The zero-order valence-corrected chi connectivity index (χ0v) is 21.5. The van der Waals surface area contributed by atoms with Crippen LogP contribution in [0.1, 0.15) is 0 Å². The molecule has 6 aromatic carbocycles. The number of hydrogen-bond acceptors (Lipinski definition) is 1. The molecule has 0 N–H and O–H groups in total. The molecule has 0 aliphatic rings. The molecule has 0 atom stereocenters. The molecule has 6 aromatic rings. The summed E-state index contributed by atoms with van der Waals surface area (Å²) in [6.45, 7) is 0. The average molecular weight is 488 g/mol. The van der Waals surface area contributed by atoms with Crippen molar-refractivity contribution in [2.45, 2.75) is 0 Å². The summed E-state index contributed by atoms with van der Waals surface area (Å²) in [5.41, 5.74) is 12.1. The van der Waals surface area contributed by atoms with Crippen LogP contribution in [-0.4, -0.2) is 7.05 Å². The second-order valence-corrected chi connectivity index (χ2v) is 9.55. The van der Waals surface area contributed by atoms with E-state index in [0.717, 1.165) is 11.4 Å². The largest absolute Gasteiger partial charge is 0.345 e. The predicted molar refractivity (Wildman–Crippen MR) is 163 cm³/mol. The first kappa shape index (κ1) is 23.5. The summed E-state index contributed by atoms with van der Waals surface area (Å²) in [5, 5.41) is 0. The van der Waals surface area contributed by atoms with E-state index < -0.39 is 0 Å². The predicted octanol–water partition coefficient (Wildman–Crippen LogP) is 10.1. The Morgan fingerprint density at radius 3 is 1.13 bits per heavy atom. The molecule has 0 aromatic heterocycles. The maximum Gasteiger partial charge on any atom is 0.0420 e. The molecule has 6 rings (SSSR count). The van der Waals surface area contributed by atoms with Gasteiger partial charge in [-0.3, -0.25) is 0 Å². The molecular formula is C37H29N.